The van der Waals surface area contributed by atoms with Gasteiger partial charge in [-0.15, -0.1) is 12.4 Å². The van der Waals surface area contributed by atoms with E-state index in [4.69, 9.17) is 4.52 Å². The summed E-state index contributed by atoms with van der Waals surface area (Å²) in [6.45, 7) is 3.89. The fourth-order valence-electron chi connectivity index (χ4n) is 1.35. The molecule has 1 aliphatic heterocycles. The lowest BCUT2D eigenvalue weighted by Crippen LogP contribution is -2.51. The molecule has 16 heavy (non-hydrogen) atoms. The second kappa shape index (κ2) is 5.81. The van der Waals surface area contributed by atoms with Crippen LogP contribution in [0.2, 0.25) is 0 Å². The van der Waals surface area contributed by atoms with Crippen LogP contribution in [0.15, 0.2) is 4.52 Å². The van der Waals surface area contributed by atoms with Crippen molar-refractivity contribution in [2.45, 2.75) is 13.3 Å². The first kappa shape index (κ1) is 12.9. The number of aryl methyl sites for hydroxylation is 1. The summed E-state index contributed by atoms with van der Waals surface area (Å²) in [7, 11) is 0. The molecule has 0 bridgehead atoms. The molecule has 2 N–H and O–H groups in total. The summed E-state index contributed by atoms with van der Waals surface area (Å²) >= 11 is 0. The van der Waals surface area contributed by atoms with Crippen LogP contribution in [0.4, 0.5) is 0 Å². The number of hydrogen-bond acceptors (Lipinski definition) is 5. The zero-order valence-corrected chi connectivity index (χ0v) is 9.84. The number of halogens is 1. The molecule has 2 heterocycles. The van der Waals surface area contributed by atoms with Gasteiger partial charge in [0.25, 0.3) is 0 Å². The van der Waals surface area contributed by atoms with Gasteiger partial charge in [-0.1, -0.05) is 5.16 Å². The van der Waals surface area contributed by atoms with E-state index in [0.717, 1.165) is 13.1 Å². The molecular formula is C9H15ClN4O2. The van der Waals surface area contributed by atoms with Crippen LogP contribution in [-0.2, 0) is 11.2 Å². The number of nitrogens with zero attached hydrogens (tertiary/aromatic N) is 2. The molecule has 0 atom stereocenters. The van der Waals surface area contributed by atoms with Crippen LogP contribution in [-0.4, -0.2) is 35.7 Å². The van der Waals surface area contributed by atoms with Crippen molar-refractivity contribution >= 4 is 18.3 Å². The molecule has 0 radical (unpaired) electrons. The van der Waals surface area contributed by atoms with E-state index >= 15 is 0 Å². The third-order valence-corrected chi connectivity index (χ3v) is 2.36. The highest BCUT2D eigenvalue weighted by Crippen LogP contribution is 2.02. The molecule has 0 aromatic carbocycles. The topological polar surface area (TPSA) is 80.0 Å². The van der Waals surface area contributed by atoms with Crippen molar-refractivity contribution in [1.82, 2.24) is 20.8 Å². The van der Waals surface area contributed by atoms with Gasteiger partial charge < -0.3 is 15.2 Å². The lowest BCUT2D eigenvalue weighted by atomic mass is 10.0. The second-order valence-electron chi connectivity index (χ2n) is 3.63. The zero-order valence-electron chi connectivity index (χ0n) is 9.02. The lowest BCUT2D eigenvalue weighted by molar-refractivity contribution is -0.126. The summed E-state index contributed by atoms with van der Waals surface area (Å²) in [5.74, 6) is 1.43. The summed E-state index contributed by atoms with van der Waals surface area (Å²) < 4.78 is 4.92. The molecular weight excluding hydrogens is 232 g/mol. The van der Waals surface area contributed by atoms with Crippen molar-refractivity contribution in [3.8, 4) is 0 Å². The molecule has 1 fully saturated rings. The molecule has 0 spiro atoms. The average Bonchev–Trinajstić information content (AvgIpc) is 2.48. The van der Waals surface area contributed by atoms with E-state index in [1.165, 1.54) is 0 Å². The largest absolute Gasteiger partial charge is 0.355 e. The van der Waals surface area contributed by atoms with E-state index in [0.29, 0.717) is 24.7 Å². The predicted octanol–water partition coefficient (Wildman–Crippen LogP) is -0.322. The van der Waals surface area contributed by atoms with Gasteiger partial charge in [0.15, 0.2) is 5.82 Å². The molecule has 7 heteroatoms. The molecule has 1 aromatic rings. The maximum Gasteiger partial charge on any atom is 0.228 e. The number of carbonyl (C=O) groups is 1. The molecule has 0 saturated carbocycles. The zero-order chi connectivity index (χ0) is 10.7. The van der Waals surface area contributed by atoms with Gasteiger partial charge in [-0.2, -0.15) is 4.98 Å². The standard InChI is InChI=1S/C9H14N4O2.ClH/c1-6-12-8(15-13-6)2-3-11-9(14)7-4-10-5-7;/h7,10H,2-5H2,1H3,(H,11,14);1H. The highest BCUT2D eigenvalue weighted by atomic mass is 35.5. The lowest BCUT2D eigenvalue weighted by Gasteiger charge is -2.25. The fourth-order valence-corrected chi connectivity index (χ4v) is 1.35. The molecule has 1 aromatic heterocycles. The number of amides is 1. The number of nitrogens with one attached hydrogen (secondary N) is 2. The average molecular weight is 247 g/mol. The highest BCUT2D eigenvalue weighted by Gasteiger charge is 2.24. The van der Waals surface area contributed by atoms with E-state index in [1.54, 1.807) is 6.92 Å². The van der Waals surface area contributed by atoms with Crippen LogP contribution in [0.5, 0.6) is 0 Å². The third kappa shape index (κ3) is 3.18. The fraction of sp³-hybridized carbons (Fsp3) is 0.667. The Kier molecular flexibility index (Phi) is 4.70. The smallest absolute Gasteiger partial charge is 0.228 e. The van der Waals surface area contributed by atoms with Gasteiger partial charge >= 0.3 is 0 Å². The molecule has 1 aliphatic rings. The maximum absolute atomic E-state index is 11.4. The predicted molar refractivity (Wildman–Crippen MR) is 59.4 cm³/mol. The van der Waals surface area contributed by atoms with Crippen LogP contribution >= 0.6 is 12.4 Å². The number of aromatic nitrogens is 2. The van der Waals surface area contributed by atoms with Crippen molar-refractivity contribution in [3.63, 3.8) is 0 Å². The van der Waals surface area contributed by atoms with E-state index in [9.17, 15) is 4.79 Å². The van der Waals surface area contributed by atoms with Gasteiger partial charge in [0.05, 0.1) is 5.92 Å². The van der Waals surface area contributed by atoms with Crippen LogP contribution in [0.3, 0.4) is 0 Å². The van der Waals surface area contributed by atoms with Crippen LogP contribution in [0.25, 0.3) is 0 Å². The Morgan fingerprint density at radius 2 is 2.38 bits per heavy atom. The Balaban J connectivity index is 0.00000128. The SMILES string of the molecule is Cc1noc(CCNC(=O)C2CNC2)n1.Cl. The van der Waals surface area contributed by atoms with Gasteiger partial charge in [-0.3, -0.25) is 4.79 Å². The Morgan fingerprint density at radius 1 is 1.62 bits per heavy atom. The molecule has 6 nitrogen and oxygen atoms in total. The van der Waals surface area contributed by atoms with E-state index in [1.807, 2.05) is 0 Å². The summed E-state index contributed by atoms with van der Waals surface area (Å²) in [5, 5.41) is 9.56. The van der Waals surface area contributed by atoms with E-state index in [2.05, 4.69) is 20.8 Å². The summed E-state index contributed by atoms with van der Waals surface area (Å²) in [4.78, 5) is 15.4. The highest BCUT2D eigenvalue weighted by molar-refractivity contribution is 5.85. The summed E-state index contributed by atoms with van der Waals surface area (Å²) in [5.41, 5.74) is 0. The van der Waals surface area contributed by atoms with E-state index < -0.39 is 0 Å². The molecule has 0 unspecified atom stereocenters. The van der Waals surface area contributed by atoms with Gasteiger partial charge in [-0.25, -0.2) is 0 Å². The molecule has 90 valence electrons. The Labute approximate surface area is 99.6 Å². The summed E-state index contributed by atoms with van der Waals surface area (Å²) in [6, 6.07) is 0. The quantitative estimate of drug-likeness (QED) is 0.761. The molecule has 0 aliphatic carbocycles. The summed E-state index contributed by atoms with van der Waals surface area (Å²) in [6.07, 6.45) is 0.590. The number of hydrogen-bond donors (Lipinski definition) is 2. The minimum Gasteiger partial charge on any atom is -0.355 e. The first-order valence-corrected chi connectivity index (χ1v) is 5.03. The maximum atomic E-state index is 11.4. The van der Waals surface area contributed by atoms with Crippen molar-refractivity contribution in [2.75, 3.05) is 19.6 Å². The minimum atomic E-state index is 0. The van der Waals surface area contributed by atoms with Gasteiger partial charge in [0, 0.05) is 26.1 Å². The second-order valence-corrected chi connectivity index (χ2v) is 3.63. The Bertz CT molecular complexity index is 351. The van der Waals surface area contributed by atoms with Crippen molar-refractivity contribution in [1.29, 1.82) is 0 Å². The van der Waals surface area contributed by atoms with Gasteiger partial charge in [-0.05, 0) is 6.92 Å². The van der Waals surface area contributed by atoms with Gasteiger partial charge in [0.2, 0.25) is 11.8 Å². The monoisotopic (exact) mass is 246 g/mol. The minimum absolute atomic E-state index is 0. The van der Waals surface area contributed by atoms with Crippen LogP contribution < -0.4 is 10.6 Å². The first-order chi connectivity index (χ1) is 7.25. The molecule has 2 rings (SSSR count). The van der Waals surface area contributed by atoms with Crippen LogP contribution in [0, 0.1) is 12.8 Å². The molecule has 1 amide bonds. The van der Waals surface area contributed by atoms with Crippen molar-refractivity contribution in [3.05, 3.63) is 11.7 Å². The normalized spacial score (nSPS) is 15.1. The number of carbonyl (C=O) groups excluding carboxylic acids is 1. The molecule has 1 saturated heterocycles. The van der Waals surface area contributed by atoms with Crippen molar-refractivity contribution < 1.29 is 9.32 Å². The van der Waals surface area contributed by atoms with Gasteiger partial charge in [0.1, 0.15) is 0 Å². The Hall–Kier alpha value is -1.14. The third-order valence-electron chi connectivity index (χ3n) is 2.36. The van der Waals surface area contributed by atoms with E-state index in [-0.39, 0.29) is 24.2 Å². The number of rotatable bonds is 4. The van der Waals surface area contributed by atoms with Crippen molar-refractivity contribution in [2.24, 2.45) is 5.92 Å². The van der Waals surface area contributed by atoms with Crippen LogP contribution in [0.1, 0.15) is 11.7 Å². The Morgan fingerprint density at radius 3 is 2.88 bits per heavy atom. The first-order valence-electron chi connectivity index (χ1n) is 5.03.